The summed E-state index contributed by atoms with van der Waals surface area (Å²) >= 11 is 0. The molecule has 1 aliphatic rings. The molecule has 0 aromatic heterocycles. The van der Waals surface area contributed by atoms with Crippen LogP contribution in [0.2, 0.25) is 0 Å². The van der Waals surface area contributed by atoms with Gasteiger partial charge < -0.3 is 14.7 Å². The highest BCUT2D eigenvalue weighted by atomic mass is 19.1. The molecule has 0 saturated carbocycles. The normalized spacial score (nSPS) is 16.0. The van der Waals surface area contributed by atoms with Gasteiger partial charge in [-0.3, -0.25) is 10.1 Å². The average molecular weight is 298 g/mol. The van der Waals surface area contributed by atoms with E-state index >= 15 is 0 Å². The predicted molar refractivity (Wildman–Crippen MR) is 72.3 cm³/mol. The monoisotopic (exact) mass is 298 g/mol. The molecule has 1 N–H and O–H groups in total. The molecule has 114 valence electrons. The first-order valence-electron chi connectivity index (χ1n) is 6.43. The van der Waals surface area contributed by atoms with Crippen molar-refractivity contribution < 1.29 is 24.0 Å². The Hall–Kier alpha value is -2.22. The van der Waals surface area contributed by atoms with Gasteiger partial charge in [0.1, 0.15) is 11.5 Å². The number of carboxylic acid groups (broad SMARTS) is 1. The van der Waals surface area contributed by atoms with Gasteiger partial charge in [0, 0.05) is 20.2 Å². The summed E-state index contributed by atoms with van der Waals surface area (Å²) in [5, 5.41) is 20.0. The van der Waals surface area contributed by atoms with E-state index in [2.05, 4.69) is 0 Å². The molecule has 0 amide bonds. The quantitative estimate of drug-likeness (QED) is 0.675. The Morgan fingerprint density at radius 3 is 2.57 bits per heavy atom. The maximum absolute atomic E-state index is 13.6. The molecule has 0 aliphatic carbocycles. The van der Waals surface area contributed by atoms with E-state index < -0.39 is 28.0 Å². The SMILES string of the molecule is COC1CCN(c2cc(C(=O)O)c(F)cc2[N+](=O)[O-])CC1. The van der Waals surface area contributed by atoms with Gasteiger partial charge in [0.25, 0.3) is 5.69 Å². The molecular weight excluding hydrogens is 283 g/mol. The predicted octanol–water partition coefficient (Wildman–Crippen LogP) is 2.05. The first kappa shape index (κ1) is 15.2. The summed E-state index contributed by atoms with van der Waals surface area (Å²) in [6, 6.07) is 1.70. The van der Waals surface area contributed by atoms with Crippen molar-refractivity contribution in [2.45, 2.75) is 18.9 Å². The molecule has 21 heavy (non-hydrogen) atoms. The van der Waals surface area contributed by atoms with Crippen molar-refractivity contribution in [3.63, 3.8) is 0 Å². The zero-order valence-electron chi connectivity index (χ0n) is 11.4. The van der Waals surface area contributed by atoms with Gasteiger partial charge in [0.05, 0.1) is 22.7 Å². The van der Waals surface area contributed by atoms with Gasteiger partial charge in [-0.25, -0.2) is 9.18 Å². The number of carboxylic acids is 1. The maximum Gasteiger partial charge on any atom is 0.338 e. The summed E-state index contributed by atoms with van der Waals surface area (Å²) in [4.78, 5) is 23.0. The van der Waals surface area contributed by atoms with Crippen molar-refractivity contribution in [2.24, 2.45) is 0 Å². The molecule has 1 fully saturated rings. The number of hydrogen-bond donors (Lipinski definition) is 1. The molecule has 2 rings (SSSR count). The van der Waals surface area contributed by atoms with Crippen LogP contribution in [-0.4, -0.2) is 42.3 Å². The van der Waals surface area contributed by atoms with Gasteiger partial charge in [-0.1, -0.05) is 0 Å². The van der Waals surface area contributed by atoms with Crippen molar-refractivity contribution in [3.8, 4) is 0 Å². The number of anilines is 1. The molecule has 0 spiro atoms. The first-order valence-corrected chi connectivity index (χ1v) is 6.43. The molecule has 1 aromatic rings. The van der Waals surface area contributed by atoms with E-state index in [1.165, 1.54) is 0 Å². The number of nitrogens with zero attached hydrogens (tertiary/aromatic N) is 2. The molecule has 8 heteroatoms. The van der Waals surface area contributed by atoms with Gasteiger partial charge in [0.2, 0.25) is 0 Å². The van der Waals surface area contributed by atoms with Gasteiger partial charge >= 0.3 is 5.97 Å². The van der Waals surface area contributed by atoms with Gasteiger partial charge in [-0.2, -0.15) is 0 Å². The number of ether oxygens (including phenoxy) is 1. The third kappa shape index (κ3) is 3.10. The van der Waals surface area contributed by atoms with E-state index in [0.717, 1.165) is 6.07 Å². The van der Waals surface area contributed by atoms with E-state index in [1.54, 1.807) is 12.0 Å². The fraction of sp³-hybridized carbons (Fsp3) is 0.462. The number of aromatic carboxylic acids is 1. The second-order valence-corrected chi connectivity index (χ2v) is 4.81. The molecular formula is C13H15FN2O5. The molecule has 1 aromatic carbocycles. The number of hydrogen-bond acceptors (Lipinski definition) is 5. The summed E-state index contributed by atoms with van der Waals surface area (Å²) in [6.07, 6.45) is 1.43. The highest BCUT2D eigenvalue weighted by Gasteiger charge is 2.28. The molecule has 7 nitrogen and oxygen atoms in total. The average Bonchev–Trinajstić information content (AvgIpc) is 2.46. The summed E-state index contributed by atoms with van der Waals surface area (Å²) < 4.78 is 18.8. The van der Waals surface area contributed by atoms with Crippen molar-refractivity contribution in [3.05, 3.63) is 33.6 Å². The number of halogens is 1. The lowest BCUT2D eigenvalue weighted by molar-refractivity contribution is -0.384. The number of carbonyl (C=O) groups is 1. The number of piperidine rings is 1. The summed E-state index contributed by atoms with van der Waals surface area (Å²) in [6.45, 7) is 0.980. The van der Waals surface area contributed by atoms with Crippen LogP contribution in [0.25, 0.3) is 0 Å². The Balaban J connectivity index is 2.39. The van der Waals surface area contributed by atoms with Crippen LogP contribution in [0.5, 0.6) is 0 Å². The number of methoxy groups -OCH3 is 1. The lowest BCUT2D eigenvalue weighted by Gasteiger charge is -2.32. The number of benzene rings is 1. The summed E-state index contributed by atoms with van der Waals surface area (Å²) in [5.74, 6) is -2.56. The summed E-state index contributed by atoms with van der Waals surface area (Å²) in [5.41, 5.74) is -0.855. The van der Waals surface area contributed by atoms with E-state index in [-0.39, 0.29) is 11.8 Å². The van der Waals surface area contributed by atoms with Gasteiger partial charge in [-0.15, -0.1) is 0 Å². The van der Waals surface area contributed by atoms with Gasteiger partial charge in [-0.05, 0) is 18.9 Å². The van der Waals surface area contributed by atoms with Crippen LogP contribution in [-0.2, 0) is 4.74 Å². The largest absolute Gasteiger partial charge is 0.478 e. The van der Waals surface area contributed by atoms with Crippen molar-refractivity contribution >= 4 is 17.3 Å². The second kappa shape index (κ2) is 6.04. The molecule has 1 aliphatic heterocycles. The van der Waals surface area contributed by atoms with E-state index in [9.17, 15) is 19.3 Å². The second-order valence-electron chi connectivity index (χ2n) is 4.81. The number of nitro benzene ring substituents is 1. The fourth-order valence-electron chi connectivity index (χ4n) is 2.45. The minimum absolute atomic E-state index is 0.0831. The Kier molecular flexibility index (Phi) is 4.37. The molecule has 1 heterocycles. The Morgan fingerprint density at radius 2 is 2.10 bits per heavy atom. The standard InChI is InChI=1S/C13H15FN2O5/c1-21-8-2-4-15(5-3-8)11-6-9(13(17)18)10(14)7-12(11)16(19)20/h6-8H,2-5H2,1H3,(H,17,18). The van der Waals surface area contributed by atoms with Crippen LogP contribution in [0.1, 0.15) is 23.2 Å². The fourth-order valence-corrected chi connectivity index (χ4v) is 2.45. The van der Waals surface area contributed by atoms with Crippen molar-refractivity contribution in [1.82, 2.24) is 0 Å². The van der Waals surface area contributed by atoms with Crippen LogP contribution in [0.3, 0.4) is 0 Å². The van der Waals surface area contributed by atoms with Crippen LogP contribution in [0.15, 0.2) is 12.1 Å². The molecule has 0 atom stereocenters. The van der Waals surface area contributed by atoms with E-state index in [1.807, 2.05) is 0 Å². The molecule has 0 unspecified atom stereocenters. The zero-order chi connectivity index (χ0) is 15.6. The lowest BCUT2D eigenvalue weighted by Crippen LogP contribution is -2.37. The maximum atomic E-state index is 13.6. The topological polar surface area (TPSA) is 92.9 Å². The molecule has 1 saturated heterocycles. The van der Waals surface area contributed by atoms with E-state index in [4.69, 9.17) is 9.84 Å². The van der Waals surface area contributed by atoms with Crippen molar-refractivity contribution in [2.75, 3.05) is 25.1 Å². The summed E-state index contributed by atoms with van der Waals surface area (Å²) in [7, 11) is 1.60. The van der Waals surface area contributed by atoms with E-state index in [0.29, 0.717) is 32.0 Å². The first-order chi connectivity index (χ1) is 9.93. The Labute approximate surface area is 120 Å². The lowest BCUT2D eigenvalue weighted by atomic mass is 10.0. The van der Waals surface area contributed by atoms with Crippen LogP contribution in [0, 0.1) is 15.9 Å². The van der Waals surface area contributed by atoms with Crippen LogP contribution >= 0.6 is 0 Å². The van der Waals surface area contributed by atoms with Crippen molar-refractivity contribution in [1.29, 1.82) is 0 Å². The highest BCUT2D eigenvalue weighted by Crippen LogP contribution is 2.33. The minimum atomic E-state index is -1.45. The van der Waals surface area contributed by atoms with Gasteiger partial charge in [0.15, 0.2) is 0 Å². The number of nitro groups is 1. The van der Waals surface area contributed by atoms with Crippen LogP contribution < -0.4 is 4.90 Å². The third-order valence-electron chi connectivity index (χ3n) is 3.61. The number of rotatable bonds is 4. The Morgan fingerprint density at radius 1 is 1.48 bits per heavy atom. The molecule has 0 bridgehead atoms. The molecule has 0 radical (unpaired) electrons. The minimum Gasteiger partial charge on any atom is -0.478 e. The highest BCUT2D eigenvalue weighted by molar-refractivity contribution is 5.90. The third-order valence-corrected chi connectivity index (χ3v) is 3.61. The van der Waals surface area contributed by atoms with Crippen LogP contribution in [0.4, 0.5) is 15.8 Å². The Bertz CT molecular complexity index is 570. The smallest absolute Gasteiger partial charge is 0.338 e. The zero-order valence-corrected chi connectivity index (χ0v) is 11.4.